The van der Waals surface area contributed by atoms with E-state index in [9.17, 15) is 0 Å². The van der Waals surface area contributed by atoms with Crippen LogP contribution in [0.25, 0.3) is 0 Å². The van der Waals surface area contributed by atoms with Crippen molar-refractivity contribution in [2.45, 2.75) is 10.1 Å². The van der Waals surface area contributed by atoms with Crippen molar-refractivity contribution in [2.24, 2.45) is 0 Å². The molecule has 1 heterocycles. The van der Waals surface area contributed by atoms with Crippen LogP contribution in [0.5, 0.6) is 0 Å². The topological polar surface area (TPSA) is 51.8 Å². The highest BCUT2D eigenvalue weighted by Gasteiger charge is 2.03. The average molecular weight is 244 g/mol. The quantitative estimate of drug-likeness (QED) is 0.881. The number of hydrogen-bond donors (Lipinski definition) is 1. The van der Waals surface area contributed by atoms with Gasteiger partial charge in [-0.15, -0.1) is 0 Å². The molecule has 3 nitrogen and oxygen atoms in total. The van der Waals surface area contributed by atoms with Crippen molar-refractivity contribution < 1.29 is 0 Å². The standard InChI is InChI=1S/C8H6ClN3S2/c9-5-2-1-3-6(4-5)13-8-11-7(10)14-12-8/h1-4H,(H2,10,11,12). The molecule has 2 aromatic rings. The van der Waals surface area contributed by atoms with Gasteiger partial charge in [-0.3, -0.25) is 0 Å². The third-order valence-electron chi connectivity index (χ3n) is 1.43. The SMILES string of the molecule is Nc1nc(Sc2cccc(Cl)c2)ns1. The number of nitrogens with zero attached hydrogens (tertiary/aromatic N) is 2. The lowest BCUT2D eigenvalue weighted by Crippen LogP contribution is -1.81. The summed E-state index contributed by atoms with van der Waals surface area (Å²) in [5.74, 6) is 0. The number of hydrogen-bond acceptors (Lipinski definition) is 5. The molecule has 0 aliphatic rings. The smallest absolute Gasteiger partial charge is 0.206 e. The highest BCUT2D eigenvalue weighted by atomic mass is 35.5. The molecule has 1 aromatic heterocycles. The van der Waals surface area contributed by atoms with E-state index >= 15 is 0 Å². The van der Waals surface area contributed by atoms with Gasteiger partial charge in [-0.25, -0.2) is 0 Å². The van der Waals surface area contributed by atoms with Crippen LogP contribution in [0.2, 0.25) is 5.02 Å². The van der Waals surface area contributed by atoms with Gasteiger partial charge in [0, 0.05) is 21.5 Å². The molecular weight excluding hydrogens is 238 g/mol. The Hall–Kier alpha value is -0.780. The first-order valence-electron chi connectivity index (χ1n) is 3.76. The van der Waals surface area contributed by atoms with Gasteiger partial charge in [0.25, 0.3) is 0 Å². The molecular formula is C8H6ClN3S2. The molecule has 0 amide bonds. The molecule has 2 N–H and O–H groups in total. The Labute approximate surface area is 94.5 Å². The van der Waals surface area contributed by atoms with Crippen LogP contribution in [-0.4, -0.2) is 9.36 Å². The summed E-state index contributed by atoms with van der Waals surface area (Å²) in [5, 5.41) is 1.85. The molecule has 14 heavy (non-hydrogen) atoms. The molecule has 0 fully saturated rings. The van der Waals surface area contributed by atoms with Crippen LogP contribution in [0.15, 0.2) is 34.3 Å². The minimum atomic E-state index is 0.481. The van der Waals surface area contributed by atoms with Crippen LogP contribution in [0, 0.1) is 0 Å². The van der Waals surface area contributed by atoms with E-state index in [1.807, 2.05) is 24.3 Å². The zero-order valence-electron chi connectivity index (χ0n) is 6.98. The molecule has 0 unspecified atom stereocenters. The number of benzene rings is 1. The van der Waals surface area contributed by atoms with Gasteiger partial charge in [-0.2, -0.15) is 9.36 Å². The Kier molecular flexibility index (Phi) is 2.90. The molecule has 0 spiro atoms. The Morgan fingerprint density at radius 2 is 2.29 bits per heavy atom. The lowest BCUT2D eigenvalue weighted by molar-refractivity contribution is 1.08. The van der Waals surface area contributed by atoms with E-state index in [4.69, 9.17) is 17.3 Å². The van der Waals surface area contributed by atoms with Gasteiger partial charge in [0.15, 0.2) is 0 Å². The molecule has 0 bridgehead atoms. The first-order chi connectivity index (χ1) is 6.74. The second kappa shape index (κ2) is 4.16. The van der Waals surface area contributed by atoms with E-state index in [2.05, 4.69) is 9.36 Å². The maximum absolute atomic E-state index is 5.84. The molecule has 0 saturated heterocycles. The minimum absolute atomic E-state index is 0.481. The van der Waals surface area contributed by atoms with Gasteiger partial charge in [-0.1, -0.05) is 17.7 Å². The molecule has 6 heteroatoms. The summed E-state index contributed by atoms with van der Waals surface area (Å²) in [4.78, 5) is 5.05. The first kappa shape index (κ1) is 9.76. The molecule has 1 aromatic carbocycles. The third kappa shape index (κ3) is 2.37. The minimum Gasteiger partial charge on any atom is -0.374 e. The van der Waals surface area contributed by atoms with Crippen molar-refractivity contribution in [1.82, 2.24) is 9.36 Å². The van der Waals surface area contributed by atoms with Crippen molar-refractivity contribution in [3.8, 4) is 0 Å². The second-order valence-corrected chi connectivity index (χ2v) is 4.74. The second-order valence-electron chi connectivity index (χ2n) is 2.47. The van der Waals surface area contributed by atoms with Crippen LogP contribution in [0.4, 0.5) is 5.13 Å². The Morgan fingerprint density at radius 3 is 2.93 bits per heavy atom. The molecule has 0 radical (unpaired) electrons. The molecule has 0 atom stereocenters. The maximum Gasteiger partial charge on any atom is 0.206 e. The normalized spacial score (nSPS) is 10.4. The van der Waals surface area contributed by atoms with E-state index in [1.165, 1.54) is 23.3 Å². The number of rotatable bonds is 2. The molecule has 2 rings (SSSR count). The van der Waals surface area contributed by atoms with Gasteiger partial charge in [0.05, 0.1) is 0 Å². The average Bonchev–Trinajstić information content (AvgIpc) is 2.51. The van der Waals surface area contributed by atoms with Crippen molar-refractivity contribution >= 4 is 40.0 Å². The highest BCUT2D eigenvalue weighted by molar-refractivity contribution is 7.99. The predicted molar refractivity (Wildman–Crippen MR) is 59.9 cm³/mol. The highest BCUT2D eigenvalue weighted by Crippen LogP contribution is 2.28. The van der Waals surface area contributed by atoms with Gasteiger partial charge in [0.1, 0.15) is 0 Å². The monoisotopic (exact) mass is 243 g/mol. The zero-order valence-corrected chi connectivity index (χ0v) is 9.36. The molecule has 0 saturated carbocycles. The summed E-state index contributed by atoms with van der Waals surface area (Å²) >= 11 is 8.48. The molecule has 0 aliphatic carbocycles. The van der Waals surface area contributed by atoms with Crippen molar-refractivity contribution in [3.63, 3.8) is 0 Å². The van der Waals surface area contributed by atoms with Crippen LogP contribution < -0.4 is 5.73 Å². The Balaban J connectivity index is 2.18. The predicted octanol–water partition coefficient (Wildman–Crippen LogP) is 2.92. The molecule has 0 aliphatic heterocycles. The number of aromatic nitrogens is 2. The summed E-state index contributed by atoms with van der Waals surface area (Å²) < 4.78 is 4.07. The van der Waals surface area contributed by atoms with Crippen LogP contribution >= 0.6 is 34.9 Å². The fourth-order valence-electron chi connectivity index (χ4n) is 0.898. The third-order valence-corrected chi connectivity index (χ3v) is 3.18. The summed E-state index contributed by atoms with van der Waals surface area (Å²) in [6.45, 7) is 0. The summed E-state index contributed by atoms with van der Waals surface area (Å²) in [5.41, 5.74) is 5.47. The number of nitrogens with two attached hydrogens (primary N) is 1. The van der Waals surface area contributed by atoms with Crippen molar-refractivity contribution in [1.29, 1.82) is 0 Å². The lowest BCUT2D eigenvalue weighted by atomic mass is 10.4. The van der Waals surface area contributed by atoms with E-state index in [1.54, 1.807) is 0 Å². The zero-order chi connectivity index (χ0) is 9.97. The lowest BCUT2D eigenvalue weighted by Gasteiger charge is -1.96. The number of nitrogen functional groups attached to an aromatic ring is 1. The van der Waals surface area contributed by atoms with E-state index in [-0.39, 0.29) is 0 Å². The van der Waals surface area contributed by atoms with Gasteiger partial charge < -0.3 is 5.73 Å². The summed E-state index contributed by atoms with van der Waals surface area (Å²) in [6.07, 6.45) is 0. The number of halogens is 1. The maximum atomic E-state index is 5.84. The summed E-state index contributed by atoms with van der Waals surface area (Å²) in [7, 11) is 0. The fraction of sp³-hybridized carbons (Fsp3) is 0. The molecule has 72 valence electrons. The number of anilines is 1. The van der Waals surface area contributed by atoms with Crippen LogP contribution in [0.3, 0.4) is 0 Å². The van der Waals surface area contributed by atoms with E-state index < -0.39 is 0 Å². The van der Waals surface area contributed by atoms with Gasteiger partial charge in [0.2, 0.25) is 10.3 Å². The van der Waals surface area contributed by atoms with Gasteiger partial charge in [-0.05, 0) is 30.0 Å². The van der Waals surface area contributed by atoms with Crippen LogP contribution in [-0.2, 0) is 0 Å². The van der Waals surface area contributed by atoms with Crippen molar-refractivity contribution in [2.75, 3.05) is 5.73 Å². The first-order valence-corrected chi connectivity index (χ1v) is 5.73. The van der Waals surface area contributed by atoms with Crippen LogP contribution in [0.1, 0.15) is 0 Å². The Bertz CT molecular complexity index is 444. The fourth-order valence-corrected chi connectivity index (χ4v) is 2.50. The summed E-state index contributed by atoms with van der Waals surface area (Å²) in [6, 6.07) is 7.53. The largest absolute Gasteiger partial charge is 0.374 e. The Morgan fingerprint density at radius 1 is 1.43 bits per heavy atom. The van der Waals surface area contributed by atoms with E-state index in [0.29, 0.717) is 15.3 Å². The van der Waals surface area contributed by atoms with Crippen molar-refractivity contribution in [3.05, 3.63) is 29.3 Å². The van der Waals surface area contributed by atoms with Gasteiger partial charge >= 0.3 is 0 Å². The van der Waals surface area contributed by atoms with E-state index in [0.717, 1.165) is 4.90 Å².